The third kappa shape index (κ3) is 1.77. The molecule has 0 radical (unpaired) electrons. The Hall–Kier alpha value is -2.17. The van der Waals surface area contributed by atoms with Crippen molar-refractivity contribution in [2.24, 2.45) is 7.05 Å². The third-order valence-electron chi connectivity index (χ3n) is 3.19. The molecular formula is C13H16N4O. The zero-order chi connectivity index (χ0) is 12.5. The number of hydrogen-bond acceptors (Lipinski definition) is 4. The van der Waals surface area contributed by atoms with Crippen LogP contribution < -0.4 is 15.4 Å². The molecule has 0 saturated heterocycles. The number of ether oxygens (including phenoxy) is 1. The Kier molecular flexibility index (Phi) is 2.59. The van der Waals surface area contributed by atoms with Crippen LogP contribution in [0.5, 0.6) is 5.75 Å². The van der Waals surface area contributed by atoms with Crippen molar-refractivity contribution in [3.8, 4) is 5.75 Å². The largest absolute Gasteiger partial charge is 0.495 e. The molecule has 1 aromatic heterocycles. The van der Waals surface area contributed by atoms with Gasteiger partial charge in [0.2, 0.25) is 0 Å². The summed E-state index contributed by atoms with van der Waals surface area (Å²) in [5, 5.41) is 11.1. The summed E-state index contributed by atoms with van der Waals surface area (Å²) < 4.78 is 7.16. The van der Waals surface area contributed by atoms with E-state index in [1.165, 1.54) is 5.56 Å². The number of nitrogens with zero attached hydrogens (tertiary/aromatic N) is 2. The summed E-state index contributed by atoms with van der Waals surface area (Å²) in [6, 6.07) is 6.22. The number of hydrogen-bond donors (Lipinski definition) is 2. The van der Waals surface area contributed by atoms with E-state index in [0.717, 1.165) is 23.7 Å². The van der Waals surface area contributed by atoms with E-state index in [1.807, 2.05) is 42.3 Å². The number of rotatable bonds is 2. The van der Waals surface area contributed by atoms with Gasteiger partial charge in [-0.05, 0) is 12.1 Å². The molecule has 0 amide bonds. The van der Waals surface area contributed by atoms with Gasteiger partial charge in [0, 0.05) is 25.4 Å². The fourth-order valence-electron chi connectivity index (χ4n) is 2.27. The van der Waals surface area contributed by atoms with Crippen LogP contribution in [0.1, 0.15) is 11.6 Å². The van der Waals surface area contributed by atoms with E-state index in [1.54, 1.807) is 7.11 Å². The molecule has 5 nitrogen and oxygen atoms in total. The first-order valence-corrected chi connectivity index (χ1v) is 5.94. The molecule has 2 heterocycles. The van der Waals surface area contributed by atoms with Gasteiger partial charge in [0.25, 0.3) is 0 Å². The van der Waals surface area contributed by atoms with E-state index in [2.05, 4.69) is 15.7 Å². The molecule has 0 aliphatic carbocycles. The van der Waals surface area contributed by atoms with E-state index in [0.29, 0.717) is 0 Å². The van der Waals surface area contributed by atoms with Gasteiger partial charge in [-0.1, -0.05) is 6.07 Å². The molecule has 2 aromatic rings. The molecule has 1 aliphatic rings. The molecule has 0 spiro atoms. The summed E-state index contributed by atoms with van der Waals surface area (Å²) in [7, 11) is 3.61. The number of nitrogens with one attached hydrogen (secondary N) is 2. The molecule has 0 saturated carbocycles. The highest BCUT2D eigenvalue weighted by Crippen LogP contribution is 2.37. The van der Waals surface area contributed by atoms with Crippen molar-refractivity contribution in [3.63, 3.8) is 0 Å². The minimum Gasteiger partial charge on any atom is -0.495 e. The summed E-state index contributed by atoms with van der Waals surface area (Å²) in [4.78, 5) is 0. The Morgan fingerprint density at radius 1 is 1.44 bits per heavy atom. The van der Waals surface area contributed by atoms with E-state index >= 15 is 0 Å². The monoisotopic (exact) mass is 244 g/mol. The zero-order valence-corrected chi connectivity index (χ0v) is 10.5. The second kappa shape index (κ2) is 4.25. The van der Waals surface area contributed by atoms with Crippen LogP contribution in [0, 0.1) is 0 Å². The molecule has 3 rings (SSSR count). The lowest BCUT2D eigenvalue weighted by molar-refractivity contribution is 0.416. The fraction of sp³-hybridized carbons (Fsp3) is 0.308. The van der Waals surface area contributed by atoms with Gasteiger partial charge in [0.15, 0.2) is 0 Å². The zero-order valence-electron chi connectivity index (χ0n) is 10.5. The highest BCUT2D eigenvalue weighted by atomic mass is 16.5. The summed E-state index contributed by atoms with van der Waals surface area (Å²) in [6.45, 7) is 0.819. The fourth-order valence-corrected chi connectivity index (χ4v) is 2.27. The number of para-hydroxylation sites is 1. The molecular weight excluding hydrogens is 228 g/mol. The number of anilines is 2. The lowest BCUT2D eigenvalue weighted by atomic mass is 10.1. The van der Waals surface area contributed by atoms with Crippen LogP contribution in [0.15, 0.2) is 30.6 Å². The minimum absolute atomic E-state index is 0.235. The normalized spacial score (nSPS) is 17.6. The number of aryl methyl sites for hydroxylation is 1. The second-order valence-corrected chi connectivity index (χ2v) is 4.41. The van der Waals surface area contributed by atoms with Crippen LogP contribution >= 0.6 is 0 Å². The summed E-state index contributed by atoms with van der Waals surface area (Å²) >= 11 is 0. The predicted octanol–water partition coefficient (Wildman–Crippen LogP) is 2.01. The molecule has 18 heavy (non-hydrogen) atoms. The smallest absolute Gasteiger partial charge is 0.144 e. The Labute approximate surface area is 106 Å². The van der Waals surface area contributed by atoms with Crippen molar-refractivity contribution in [2.75, 3.05) is 24.3 Å². The van der Waals surface area contributed by atoms with Crippen LogP contribution in [-0.2, 0) is 7.05 Å². The molecule has 2 N–H and O–H groups in total. The average Bonchev–Trinajstić information content (AvgIpc) is 2.84. The Balaban J connectivity index is 1.89. The molecule has 0 fully saturated rings. The van der Waals surface area contributed by atoms with Gasteiger partial charge >= 0.3 is 0 Å². The Morgan fingerprint density at radius 2 is 2.33 bits per heavy atom. The van der Waals surface area contributed by atoms with E-state index < -0.39 is 0 Å². The maximum atomic E-state index is 5.34. The third-order valence-corrected chi connectivity index (χ3v) is 3.19. The minimum atomic E-state index is 0.235. The average molecular weight is 244 g/mol. The maximum Gasteiger partial charge on any atom is 0.144 e. The van der Waals surface area contributed by atoms with Gasteiger partial charge in [-0.2, -0.15) is 5.10 Å². The van der Waals surface area contributed by atoms with Crippen LogP contribution in [0.3, 0.4) is 0 Å². The van der Waals surface area contributed by atoms with Crippen LogP contribution in [0.25, 0.3) is 0 Å². The first kappa shape index (κ1) is 11.0. The number of benzene rings is 1. The van der Waals surface area contributed by atoms with Crippen molar-refractivity contribution in [2.45, 2.75) is 6.04 Å². The van der Waals surface area contributed by atoms with Gasteiger partial charge in [-0.25, -0.2) is 0 Å². The summed E-state index contributed by atoms with van der Waals surface area (Å²) in [5.74, 6) is 0.865. The lowest BCUT2D eigenvalue weighted by Gasteiger charge is -2.28. The molecule has 94 valence electrons. The van der Waals surface area contributed by atoms with E-state index in [9.17, 15) is 0 Å². The van der Waals surface area contributed by atoms with E-state index in [-0.39, 0.29) is 6.04 Å². The topological polar surface area (TPSA) is 51.1 Å². The van der Waals surface area contributed by atoms with Gasteiger partial charge in [0.05, 0.1) is 25.0 Å². The van der Waals surface area contributed by atoms with Gasteiger partial charge < -0.3 is 15.4 Å². The van der Waals surface area contributed by atoms with Crippen LogP contribution in [0.2, 0.25) is 0 Å². The van der Waals surface area contributed by atoms with Crippen molar-refractivity contribution in [1.29, 1.82) is 0 Å². The Morgan fingerprint density at radius 3 is 3.06 bits per heavy atom. The number of methoxy groups -OCH3 is 1. The van der Waals surface area contributed by atoms with Gasteiger partial charge in [-0.3, -0.25) is 4.68 Å². The first-order chi connectivity index (χ1) is 8.78. The summed E-state index contributed by atoms with van der Waals surface area (Å²) in [5.41, 5.74) is 3.27. The molecule has 0 bridgehead atoms. The highest BCUT2D eigenvalue weighted by Gasteiger charge is 2.21. The van der Waals surface area contributed by atoms with Crippen LogP contribution in [0.4, 0.5) is 11.4 Å². The van der Waals surface area contributed by atoms with Crippen LogP contribution in [-0.4, -0.2) is 23.4 Å². The number of aromatic nitrogens is 2. The van der Waals surface area contributed by atoms with Crippen molar-refractivity contribution in [1.82, 2.24) is 9.78 Å². The highest BCUT2D eigenvalue weighted by molar-refractivity contribution is 5.77. The van der Waals surface area contributed by atoms with Crippen molar-refractivity contribution >= 4 is 11.4 Å². The van der Waals surface area contributed by atoms with Gasteiger partial charge in [0.1, 0.15) is 11.4 Å². The first-order valence-electron chi connectivity index (χ1n) is 5.94. The SMILES string of the molecule is COc1cccc2c1NCC(c1cnn(C)c1)N2. The predicted molar refractivity (Wildman–Crippen MR) is 71.1 cm³/mol. The molecule has 5 heteroatoms. The summed E-state index contributed by atoms with van der Waals surface area (Å²) in [6.07, 6.45) is 3.93. The van der Waals surface area contributed by atoms with Crippen molar-refractivity contribution in [3.05, 3.63) is 36.2 Å². The Bertz CT molecular complexity index is 564. The lowest BCUT2D eigenvalue weighted by Crippen LogP contribution is -2.25. The van der Waals surface area contributed by atoms with Gasteiger partial charge in [-0.15, -0.1) is 0 Å². The molecule has 1 aromatic carbocycles. The second-order valence-electron chi connectivity index (χ2n) is 4.41. The maximum absolute atomic E-state index is 5.34. The van der Waals surface area contributed by atoms with Crippen molar-refractivity contribution < 1.29 is 4.74 Å². The standard InChI is InChI=1S/C13H16N4O/c1-17-8-9(6-15-17)11-7-14-13-10(16-11)4-3-5-12(13)18-2/h3-6,8,11,14,16H,7H2,1-2H3. The molecule has 1 atom stereocenters. The molecule has 1 aliphatic heterocycles. The number of fused-ring (bicyclic) bond motifs is 1. The quantitative estimate of drug-likeness (QED) is 0.848. The van der Waals surface area contributed by atoms with E-state index in [4.69, 9.17) is 4.74 Å². The molecule has 1 unspecified atom stereocenters.